The van der Waals surface area contributed by atoms with Crippen molar-refractivity contribution in [3.05, 3.63) is 63.1 Å². The molecule has 0 N–H and O–H groups in total. The summed E-state index contributed by atoms with van der Waals surface area (Å²) >= 11 is 3.44. The average Bonchev–Trinajstić information content (AvgIpc) is 2.74. The lowest BCUT2D eigenvalue weighted by Crippen LogP contribution is -2.31. The van der Waals surface area contributed by atoms with Crippen LogP contribution >= 0.6 is 15.9 Å². The van der Waals surface area contributed by atoms with Crippen LogP contribution in [0.5, 0.6) is 5.75 Å². The maximum atomic E-state index is 13.0. The molecule has 5 nitrogen and oxygen atoms in total. The Balaban J connectivity index is 1.44. The summed E-state index contributed by atoms with van der Waals surface area (Å²) in [5.74, 6) is 1.50. The van der Waals surface area contributed by atoms with Gasteiger partial charge in [-0.1, -0.05) is 22.4 Å². The van der Waals surface area contributed by atoms with Gasteiger partial charge in [-0.2, -0.15) is 0 Å². The summed E-state index contributed by atoms with van der Waals surface area (Å²) in [7, 11) is 0. The fraction of sp³-hybridized carbons (Fsp3) is 0.391. The molecule has 152 valence electrons. The molecule has 1 aliphatic heterocycles. The first-order chi connectivity index (χ1) is 14.1. The number of hydrogen-bond donors (Lipinski definition) is 0. The quantitative estimate of drug-likeness (QED) is 0.504. The Morgan fingerprint density at radius 3 is 2.59 bits per heavy atom. The molecule has 6 heteroatoms. The van der Waals surface area contributed by atoms with E-state index < -0.39 is 0 Å². The zero-order valence-electron chi connectivity index (χ0n) is 16.7. The van der Waals surface area contributed by atoms with Crippen molar-refractivity contribution in [2.45, 2.75) is 32.6 Å². The van der Waals surface area contributed by atoms with Crippen LogP contribution in [0.3, 0.4) is 0 Å². The van der Waals surface area contributed by atoms with Crippen molar-refractivity contribution in [3.8, 4) is 11.4 Å². The number of rotatable bonds is 6. The molecule has 0 atom stereocenters. The van der Waals surface area contributed by atoms with Gasteiger partial charge in [0.2, 0.25) is 0 Å². The van der Waals surface area contributed by atoms with Crippen LogP contribution < -0.4 is 10.3 Å². The average molecular weight is 456 g/mol. The van der Waals surface area contributed by atoms with Crippen molar-refractivity contribution in [3.63, 3.8) is 0 Å². The minimum Gasteiger partial charge on any atom is -0.494 e. The second-order valence-electron chi connectivity index (χ2n) is 7.56. The Morgan fingerprint density at radius 1 is 1.07 bits per heavy atom. The highest BCUT2D eigenvalue weighted by molar-refractivity contribution is 9.10. The van der Waals surface area contributed by atoms with E-state index in [4.69, 9.17) is 4.74 Å². The van der Waals surface area contributed by atoms with Crippen molar-refractivity contribution in [2.75, 3.05) is 26.2 Å². The van der Waals surface area contributed by atoms with Crippen LogP contribution in [0.4, 0.5) is 0 Å². The molecule has 3 aromatic rings. The minimum absolute atomic E-state index is 0.0657. The third-order valence-electron chi connectivity index (χ3n) is 5.43. The molecule has 1 saturated heterocycles. The Labute approximate surface area is 179 Å². The van der Waals surface area contributed by atoms with Gasteiger partial charge in [0.15, 0.2) is 0 Å². The molecule has 4 rings (SSSR count). The predicted molar refractivity (Wildman–Crippen MR) is 120 cm³/mol. The van der Waals surface area contributed by atoms with Crippen LogP contribution in [0.15, 0.2) is 51.7 Å². The molecule has 1 aliphatic rings. The van der Waals surface area contributed by atoms with Gasteiger partial charge in [-0.3, -0.25) is 9.36 Å². The molecule has 0 amide bonds. The molecular weight excluding hydrogens is 430 g/mol. The molecule has 0 saturated carbocycles. The molecule has 0 radical (unpaired) electrons. The molecule has 0 bridgehead atoms. The Kier molecular flexibility index (Phi) is 6.31. The summed E-state index contributed by atoms with van der Waals surface area (Å²) in [6.45, 7) is 6.11. The second kappa shape index (κ2) is 9.09. The van der Waals surface area contributed by atoms with Gasteiger partial charge < -0.3 is 9.64 Å². The zero-order chi connectivity index (χ0) is 20.2. The van der Waals surface area contributed by atoms with Crippen LogP contribution in [0.1, 0.15) is 31.5 Å². The zero-order valence-corrected chi connectivity index (χ0v) is 18.3. The third kappa shape index (κ3) is 4.70. The Hall–Kier alpha value is -2.18. The molecule has 0 spiro atoms. The molecule has 29 heavy (non-hydrogen) atoms. The molecule has 2 heterocycles. The fourth-order valence-electron chi connectivity index (χ4n) is 3.93. The molecule has 1 aromatic heterocycles. The van der Waals surface area contributed by atoms with E-state index in [0.29, 0.717) is 23.3 Å². The van der Waals surface area contributed by atoms with Crippen molar-refractivity contribution in [2.24, 2.45) is 0 Å². The number of likely N-dealkylation sites (tertiary alicyclic amines) is 1. The topological polar surface area (TPSA) is 47.4 Å². The first kappa shape index (κ1) is 20.1. The third-order valence-corrected chi connectivity index (χ3v) is 5.92. The van der Waals surface area contributed by atoms with Crippen molar-refractivity contribution < 1.29 is 4.74 Å². The number of ether oxygens (including phenoxy) is 1. The number of aryl methyl sites for hydroxylation is 1. The lowest BCUT2D eigenvalue weighted by molar-refractivity contribution is 0.205. The van der Waals surface area contributed by atoms with Gasteiger partial charge in [-0.05, 0) is 81.7 Å². The molecule has 0 unspecified atom stereocenters. The molecule has 2 aromatic carbocycles. The maximum absolute atomic E-state index is 13.0. The van der Waals surface area contributed by atoms with E-state index in [1.807, 2.05) is 49.4 Å². The first-order valence-corrected chi connectivity index (χ1v) is 11.1. The van der Waals surface area contributed by atoms with E-state index in [1.165, 1.54) is 32.4 Å². The Bertz CT molecular complexity index is 1040. The number of nitrogens with zero attached hydrogens (tertiary/aromatic N) is 3. The highest BCUT2D eigenvalue weighted by Crippen LogP contribution is 2.19. The van der Waals surface area contributed by atoms with Gasteiger partial charge >= 0.3 is 0 Å². The number of aromatic nitrogens is 2. The van der Waals surface area contributed by atoms with Crippen LogP contribution in [0, 0.1) is 6.92 Å². The number of piperidine rings is 1. The lowest BCUT2D eigenvalue weighted by atomic mass is 10.1. The number of hydrogen-bond acceptors (Lipinski definition) is 4. The number of fused-ring (bicyclic) bond motifs is 1. The van der Waals surface area contributed by atoms with E-state index in [9.17, 15) is 4.79 Å². The summed E-state index contributed by atoms with van der Waals surface area (Å²) in [6.07, 6.45) is 5.04. The maximum Gasteiger partial charge on any atom is 0.265 e. The second-order valence-corrected chi connectivity index (χ2v) is 8.47. The number of halogens is 1. The lowest BCUT2D eigenvalue weighted by Gasteiger charge is -2.26. The molecule has 0 aliphatic carbocycles. The highest BCUT2D eigenvalue weighted by Gasteiger charge is 2.11. The van der Waals surface area contributed by atoms with Crippen LogP contribution in [0.25, 0.3) is 16.6 Å². The van der Waals surface area contributed by atoms with Gasteiger partial charge in [-0.15, -0.1) is 0 Å². The normalized spacial score (nSPS) is 15.0. The predicted octanol–water partition coefficient (Wildman–Crippen LogP) is 4.71. The highest BCUT2D eigenvalue weighted by atomic mass is 79.9. The van der Waals surface area contributed by atoms with Gasteiger partial charge in [0.05, 0.1) is 23.2 Å². The van der Waals surface area contributed by atoms with Crippen LogP contribution in [-0.2, 0) is 0 Å². The van der Waals surface area contributed by atoms with Crippen molar-refractivity contribution in [1.82, 2.24) is 14.5 Å². The SMILES string of the molecule is Cc1nc2ccc(Br)cc2c(=O)n1-c1ccc(OCCCN2CCCCC2)cc1. The van der Waals surface area contributed by atoms with E-state index >= 15 is 0 Å². The molecular formula is C23H26BrN3O2. The van der Waals surface area contributed by atoms with Gasteiger partial charge in [0, 0.05) is 11.0 Å². The first-order valence-electron chi connectivity index (χ1n) is 10.3. The summed E-state index contributed by atoms with van der Waals surface area (Å²) in [5, 5.41) is 0.600. The monoisotopic (exact) mass is 455 g/mol. The van der Waals surface area contributed by atoms with Gasteiger partial charge in [-0.25, -0.2) is 4.98 Å². The van der Waals surface area contributed by atoms with E-state index in [1.54, 1.807) is 4.57 Å². The smallest absolute Gasteiger partial charge is 0.265 e. The number of benzene rings is 2. The van der Waals surface area contributed by atoms with E-state index in [0.717, 1.165) is 28.9 Å². The summed E-state index contributed by atoms with van der Waals surface area (Å²) in [6, 6.07) is 13.3. The van der Waals surface area contributed by atoms with E-state index in [-0.39, 0.29) is 5.56 Å². The van der Waals surface area contributed by atoms with E-state index in [2.05, 4.69) is 25.8 Å². The largest absolute Gasteiger partial charge is 0.494 e. The summed E-state index contributed by atoms with van der Waals surface area (Å²) in [4.78, 5) is 20.1. The Morgan fingerprint density at radius 2 is 1.83 bits per heavy atom. The summed E-state index contributed by atoms with van der Waals surface area (Å²) in [5.41, 5.74) is 1.44. The van der Waals surface area contributed by atoms with Crippen LogP contribution in [-0.4, -0.2) is 40.7 Å². The molecule has 1 fully saturated rings. The van der Waals surface area contributed by atoms with Crippen molar-refractivity contribution >= 4 is 26.8 Å². The standard InChI is InChI=1S/C23H26BrN3O2/c1-17-25-22-11-6-18(24)16-21(22)23(28)27(17)19-7-9-20(10-8-19)29-15-5-14-26-12-3-2-4-13-26/h6-11,16H,2-5,12-15H2,1H3. The van der Waals surface area contributed by atoms with Crippen molar-refractivity contribution in [1.29, 1.82) is 0 Å². The summed E-state index contributed by atoms with van der Waals surface area (Å²) < 4.78 is 8.41. The van der Waals surface area contributed by atoms with Gasteiger partial charge in [0.1, 0.15) is 11.6 Å². The minimum atomic E-state index is -0.0657. The fourth-order valence-corrected chi connectivity index (χ4v) is 4.29. The van der Waals surface area contributed by atoms with Gasteiger partial charge in [0.25, 0.3) is 5.56 Å². The van der Waals surface area contributed by atoms with Crippen LogP contribution in [0.2, 0.25) is 0 Å².